The first-order valence-corrected chi connectivity index (χ1v) is 13.2. The molecule has 5 rings (SSSR count). The maximum absolute atomic E-state index is 13.5. The summed E-state index contributed by atoms with van der Waals surface area (Å²) in [6, 6.07) is 0. The van der Waals surface area contributed by atoms with E-state index in [2.05, 4.69) is 26.8 Å². The van der Waals surface area contributed by atoms with Gasteiger partial charge in [0.1, 0.15) is 11.4 Å². The molecule has 3 fully saturated rings. The van der Waals surface area contributed by atoms with E-state index in [0.29, 0.717) is 38.5 Å². The Balaban J connectivity index is 1.26. The summed E-state index contributed by atoms with van der Waals surface area (Å²) in [4.78, 5) is 22.3. The lowest BCUT2D eigenvalue weighted by Gasteiger charge is -2.54. The number of carbonyl (C=O) groups excluding carboxylic acids is 1. The minimum atomic E-state index is -0.800. The summed E-state index contributed by atoms with van der Waals surface area (Å²) in [7, 11) is 1.92. The number of piperidine rings is 1. The van der Waals surface area contributed by atoms with Gasteiger partial charge in [-0.2, -0.15) is 5.10 Å². The topological polar surface area (TPSA) is 74.0 Å². The summed E-state index contributed by atoms with van der Waals surface area (Å²) in [6.07, 6.45) is 16.4. The van der Waals surface area contributed by atoms with Crippen molar-refractivity contribution in [3.63, 3.8) is 0 Å². The maximum Gasteiger partial charge on any atom is 0.225 e. The first-order valence-electron chi connectivity index (χ1n) is 13.2. The normalized spacial score (nSPS) is 28.3. The molecule has 1 saturated heterocycles. The standard InChI is InChI=1S/C26H41N5O2/c1-20(14-21-8-4-3-5-9-21)24(32)31-13-12-26(33,25(17-31)10-6-7-11-25)18-30-16-23-22(27-19-30)15-29(2)28-23/h15,19-21,33H,3-14,16-18H2,1-2H3/t20-,26?/m1/s1. The molecule has 4 aliphatic rings. The minimum absolute atomic E-state index is 0.0922. The van der Waals surface area contributed by atoms with Crippen molar-refractivity contribution in [3.8, 4) is 0 Å². The number of aromatic nitrogens is 2. The van der Waals surface area contributed by atoms with Crippen molar-refractivity contribution < 1.29 is 9.90 Å². The molecular formula is C26H41N5O2. The van der Waals surface area contributed by atoms with Crippen molar-refractivity contribution in [1.82, 2.24) is 19.6 Å². The largest absolute Gasteiger partial charge is 0.387 e. The lowest BCUT2D eigenvalue weighted by molar-refractivity contribution is -0.162. The van der Waals surface area contributed by atoms with Crippen LogP contribution in [0.3, 0.4) is 0 Å². The summed E-state index contributed by atoms with van der Waals surface area (Å²) in [5, 5.41) is 16.6. The summed E-state index contributed by atoms with van der Waals surface area (Å²) >= 11 is 0. The van der Waals surface area contributed by atoms with Gasteiger partial charge in [0.2, 0.25) is 5.91 Å². The van der Waals surface area contributed by atoms with Crippen LogP contribution in [0.2, 0.25) is 0 Å². The molecule has 33 heavy (non-hydrogen) atoms. The van der Waals surface area contributed by atoms with E-state index in [0.717, 1.165) is 49.4 Å². The van der Waals surface area contributed by atoms with Crippen LogP contribution in [0.25, 0.3) is 0 Å². The van der Waals surface area contributed by atoms with Crippen LogP contribution in [0.5, 0.6) is 0 Å². The number of rotatable bonds is 5. The lowest BCUT2D eigenvalue weighted by atomic mass is 9.65. The molecule has 1 amide bonds. The number of aliphatic imine (C=N–C) groups is 1. The Morgan fingerprint density at radius 1 is 1.18 bits per heavy atom. The predicted molar refractivity (Wildman–Crippen MR) is 129 cm³/mol. The SMILES string of the molecule is C[C@H](CC1CCCCC1)C(=O)N1CCC(O)(CN2C=Nc3cn(C)nc3C2)C2(CCCC2)C1. The number of hydrogen-bond donors (Lipinski definition) is 1. The van der Waals surface area contributed by atoms with Gasteiger partial charge in [0.25, 0.3) is 0 Å². The molecule has 2 aliphatic carbocycles. The molecule has 0 radical (unpaired) electrons. The zero-order valence-electron chi connectivity index (χ0n) is 20.5. The molecular weight excluding hydrogens is 414 g/mol. The molecule has 0 bridgehead atoms. The fourth-order valence-electron chi connectivity index (χ4n) is 7.17. The molecule has 1 unspecified atom stereocenters. The second-order valence-corrected chi connectivity index (χ2v) is 11.5. The van der Waals surface area contributed by atoms with Crippen LogP contribution in [-0.2, 0) is 18.4 Å². The summed E-state index contributed by atoms with van der Waals surface area (Å²) in [6.45, 7) is 4.74. The number of β-amino-alcohol motifs (C(OH)–C–C–N with tert-alkyl or cyclic N) is 1. The number of aryl methyl sites for hydroxylation is 1. The van der Waals surface area contributed by atoms with E-state index in [1.807, 2.05) is 19.6 Å². The van der Waals surface area contributed by atoms with Crippen LogP contribution in [0.1, 0.15) is 83.2 Å². The van der Waals surface area contributed by atoms with Crippen LogP contribution in [-0.4, -0.2) is 62.2 Å². The number of nitrogens with zero attached hydrogens (tertiary/aromatic N) is 5. The summed E-state index contributed by atoms with van der Waals surface area (Å²) in [5.74, 6) is 1.12. The van der Waals surface area contributed by atoms with E-state index in [1.165, 1.54) is 32.1 Å². The molecule has 182 valence electrons. The van der Waals surface area contributed by atoms with Gasteiger partial charge in [0.05, 0.1) is 24.7 Å². The fourth-order valence-corrected chi connectivity index (χ4v) is 7.17. The van der Waals surface area contributed by atoms with Gasteiger partial charge in [-0.05, 0) is 31.6 Å². The second-order valence-electron chi connectivity index (χ2n) is 11.5. The highest BCUT2D eigenvalue weighted by Crippen LogP contribution is 2.51. The van der Waals surface area contributed by atoms with E-state index in [1.54, 1.807) is 4.68 Å². The summed E-state index contributed by atoms with van der Waals surface area (Å²) < 4.78 is 1.80. The molecule has 2 atom stereocenters. The van der Waals surface area contributed by atoms with Crippen molar-refractivity contribution in [2.45, 2.75) is 89.7 Å². The van der Waals surface area contributed by atoms with Crippen molar-refractivity contribution in [2.24, 2.45) is 29.3 Å². The molecule has 1 aromatic heterocycles. The number of carbonyl (C=O) groups is 1. The van der Waals surface area contributed by atoms with E-state index in [9.17, 15) is 9.90 Å². The van der Waals surface area contributed by atoms with Crippen LogP contribution in [0.4, 0.5) is 5.69 Å². The minimum Gasteiger partial charge on any atom is -0.387 e. The van der Waals surface area contributed by atoms with E-state index >= 15 is 0 Å². The molecule has 2 aliphatic heterocycles. The Bertz CT molecular complexity index is 883. The number of amides is 1. The first kappa shape index (κ1) is 22.9. The van der Waals surface area contributed by atoms with Crippen molar-refractivity contribution in [2.75, 3.05) is 19.6 Å². The van der Waals surface area contributed by atoms with Gasteiger partial charge >= 0.3 is 0 Å². The van der Waals surface area contributed by atoms with E-state index in [4.69, 9.17) is 0 Å². The van der Waals surface area contributed by atoms with Crippen LogP contribution in [0.15, 0.2) is 11.2 Å². The van der Waals surface area contributed by atoms with Gasteiger partial charge in [-0.3, -0.25) is 9.48 Å². The third-order valence-electron chi connectivity index (χ3n) is 9.04. The quantitative estimate of drug-likeness (QED) is 0.728. The van der Waals surface area contributed by atoms with E-state index < -0.39 is 5.60 Å². The summed E-state index contributed by atoms with van der Waals surface area (Å²) in [5.41, 5.74) is 0.881. The Morgan fingerprint density at radius 2 is 1.94 bits per heavy atom. The Hall–Kier alpha value is -1.89. The van der Waals surface area contributed by atoms with Crippen LogP contribution >= 0.6 is 0 Å². The van der Waals surface area contributed by atoms with Gasteiger partial charge in [0.15, 0.2) is 0 Å². The number of aliphatic hydroxyl groups is 1. The average Bonchev–Trinajstić information content (AvgIpc) is 3.42. The van der Waals surface area contributed by atoms with Gasteiger partial charge in [0, 0.05) is 38.0 Å². The molecule has 7 heteroatoms. The Kier molecular flexibility index (Phi) is 6.27. The molecule has 2 saturated carbocycles. The van der Waals surface area contributed by atoms with Gasteiger partial charge in [-0.1, -0.05) is 51.9 Å². The molecule has 3 heterocycles. The van der Waals surface area contributed by atoms with Gasteiger partial charge in [-0.15, -0.1) is 0 Å². The molecule has 1 spiro atoms. The van der Waals surface area contributed by atoms with Gasteiger partial charge < -0.3 is 14.9 Å². The first-order chi connectivity index (χ1) is 15.9. The lowest BCUT2D eigenvalue weighted by Crippen LogP contribution is -2.64. The maximum atomic E-state index is 13.5. The highest BCUT2D eigenvalue weighted by atomic mass is 16.3. The zero-order valence-corrected chi connectivity index (χ0v) is 20.5. The Morgan fingerprint density at radius 3 is 2.70 bits per heavy atom. The second kappa shape index (κ2) is 9.05. The van der Waals surface area contributed by atoms with Crippen LogP contribution < -0.4 is 0 Å². The molecule has 7 nitrogen and oxygen atoms in total. The molecule has 1 aromatic rings. The number of fused-ring (bicyclic) bond motifs is 1. The smallest absolute Gasteiger partial charge is 0.225 e. The van der Waals surface area contributed by atoms with Crippen molar-refractivity contribution in [3.05, 3.63) is 11.9 Å². The third-order valence-corrected chi connectivity index (χ3v) is 9.04. The van der Waals surface area contributed by atoms with Crippen molar-refractivity contribution >= 4 is 17.9 Å². The Labute approximate surface area is 198 Å². The van der Waals surface area contributed by atoms with Crippen LogP contribution in [0, 0.1) is 17.3 Å². The van der Waals surface area contributed by atoms with Gasteiger partial charge in [-0.25, -0.2) is 4.99 Å². The zero-order chi connectivity index (χ0) is 23.1. The monoisotopic (exact) mass is 455 g/mol. The number of likely N-dealkylation sites (tertiary alicyclic amines) is 1. The third kappa shape index (κ3) is 4.45. The number of hydrogen-bond acceptors (Lipinski definition) is 5. The highest BCUT2D eigenvalue weighted by Gasteiger charge is 2.56. The van der Waals surface area contributed by atoms with E-state index in [-0.39, 0.29) is 11.3 Å². The fraction of sp³-hybridized carbons (Fsp3) is 0.808. The molecule has 0 aromatic carbocycles. The highest BCUT2D eigenvalue weighted by molar-refractivity contribution is 5.78. The predicted octanol–water partition coefficient (Wildman–Crippen LogP) is 4.03. The molecule has 1 N–H and O–H groups in total. The average molecular weight is 456 g/mol. The van der Waals surface area contributed by atoms with Crippen molar-refractivity contribution in [1.29, 1.82) is 0 Å².